The highest BCUT2D eigenvalue weighted by Crippen LogP contribution is 2.13. The summed E-state index contributed by atoms with van der Waals surface area (Å²) in [7, 11) is 0. The van der Waals surface area contributed by atoms with Gasteiger partial charge in [0.2, 0.25) is 0 Å². The van der Waals surface area contributed by atoms with Crippen molar-refractivity contribution in [2.45, 2.75) is 32.9 Å². The van der Waals surface area contributed by atoms with Gasteiger partial charge in [-0.1, -0.05) is 0 Å². The zero-order valence-corrected chi connectivity index (χ0v) is 8.99. The zero-order chi connectivity index (χ0) is 10.9. The van der Waals surface area contributed by atoms with Crippen molar-refractivity contribution >= 4 is 0 Å². The quantitative estimate of drug-likeness (QED) is 0.696. The van der Waals surface area contributed by atoms with Crippen molar-refractivity contribution in [1.29, 1.82) is 0 Å². The number of hydrogen-bond donors (Lipinski definition) is 0. The molecule has 0 atom stereocenters. The van der Waals surface area contributed by atoms with Gasteiger partial charge in [-0.2, -0.15) is 5.10 Å². The number of aromatic nitrogens is 7. The smallest absolute Gasteiger partial charge is 0.173 e. The SMILES string of the molecule is CC(C)(C)n1nnnc1Cn1cncn1. The molecule has 0 radical (unpaired) electrons. The molecule has 0 N–H and O–H groups in total. The van der Waals surface area contributed by atoms with Crippen molar-refractivity contribution in [2.24, 2.45) is 0 Å². The lowest BCUT2D eigenvalue weighted by Gasteiger charge is -2.19. The van der Waals surface area contributed by atoms with E-state index in [4.69, 9.17) is 0 Å². The summed E-state index contributed by atoms with van der Waals surface area (Å²) in [4.78, 5) is 3.87. The average molecular weight is 207 g/mol. The van der Waals surface area contributed by atoms with E-state index in [9.17, 15) is 0 Å². The lowest BCUT2D eigenvalue weighted by atomic mass is 10.1. The second kappa shape index (κ2) is 3.41. The van der Waals surface area contributed by atoms with E-state index in [1.807, 2.05) is 20.8 Å². The van der Waals surface area contributed by atoms with Gasteiger partial charge in [-0.15, -0.1) is 5.10 Å². The summed E-state index contributed by atoms with van der Waals surface area (Å²) in [5, 5.41) is 15.6. The molecule has 2 aromatic rings. The maximum atomic E-state index is 4.01. The van der Waals surface area contributed by atoms with Crippen LogP contribution in [0.5, 0.6) is 0 Å². The lowest BCUT2D eigenvalue weighted by molar-refractivity contribution is 0.331. The third kappa shape index (κ3) is 2.00. The van der Waals surface area contributed by atoms with E-state index in [0.717, 1.165) is 5.82 Å². The first-order valence-electron chi connectivity index (χ1n) is 4.67. The predicted molar refractivity (Wildman–Crippen MR) is 51.9 cm³/mol. The maximum Gasteiger partial charge on any atom is 0.173 e. The summed E-state index contributed by atoms with van der Waals surface area (Å²) >= 11 is 0. The Morgan fingerprint density at radius 1 is 1.33 bits per heavy atom. The highest BCUT2D eigenvalue weighted by molar-refractivity contribution is 4.87. The van der Waals surface area contributed by atoms with Crippen LogP contribution in [-0.2, 0) is 12.1 Å². The van der Waals surface area contributed by atoms with Gasteiger partial charge >= 0.3 is 0 Å². The Kier molecular flexibility index (Phi) is 2.22. The molecule has 0 fully saturated rings. The van der Waals surface area contributed by atoms with Crippen molar-refractivity contribution in [1.82, 2.24) is 35.0 Å². The molecular weight excluding hydrogens is 194 g/mol. The van der Waals surface area contributed by atoms with Gasteiger partial charge in [-0.05, 0) is 31.2 Å². The summed E-state index contributed by atoms with van der Waals surface area (Å²) in [6.45, 7) is 6.68. The van der Waals surface area contributed by atoms with Gasteiger partial charge in [0.1, 0.15) is 19.2 Å². The summed E-state index contributed by atoms with van der Waals surface area (Å²) in [5.74, 6) is 0.771. The van der Waals surface area contributed by atoms with Crippen LogP contribution in [0.1, 0.15) is 26.6 Å². The standard InChI is InChI=1S/C8H13N7/c1-8(2,3)15-7(11-12-13-15)4-14-6-9-5-10-14/h5-6H,4H2,1-3H3. The third-order valence-corrected chi connectivity index (χ3v) is 1.94. The molecule has 2 aromatic heterocycles. The minimum Gasteiger partial charge on any atom is -0.245 e. The number of rotatable bonds is 2. The molecule has 2 rings (SSSR count). The second-order valence-corrected chi connectivity index (χ2v) is 4.27. The van der Waals surface area contributed by atoms with E-state index in [2.05, 4.69) is 25.6 Å². The molecule has 7 nitrogen and oxygen atoms in total. The molecule has 0 aromatic carbocycles. The van der Waals surface area contributed by atoms with E-state index in [0.29, 0.717) is 6.54 Å². The van der Waals surface area contributed by atoms with Crippen LogP contribution in [0.2, 0.25) is 0 Å². The highest BCUT2D eigenvalue weighted by atomic mass is 15.6. The van der Waals surface area contributed by atoms with Crippen LogP contribution in [0.15, 0.2) is 12.7 Å². The van der Waals surface area contributed by atoms with Crippen LogP contribution in [0.25, 0.3) is 0 Å². The molecule has 0 aliphatic rings. The molecule has 0 spiro atoms. The van der Waals surface area contributed by atoms with Crippen LogP contribution < -0.4 is 0 Å². The van der Waals surface area contributed by atoms with E-state index in [1.54, 1.807) is 15.7 Å². The van der Waals surface area contributed by atoms with E-state index >= 15 is 0 Å². The lowest BCUT2D eigenvalue weighted by Crippen LogP contribution is -2.26. The fourth-order valence-electron chi connectivity index (χ4n) is 1.28. The number of hydrogen-bond acceptors (Lipinski definition) is 5. The minimum absolute atomic E-state index is 0.126. The summed E-state index contributed by atoms with van der Waals surface area (Å²) < 4.78 is 3.47. The molecular formula is C8H13N7. The van der Waals surface area contributed by atoms with Gasteiger partial charge in [0.25, 0.3) is 0 Å². The first-order chi connectivity index (χ1) is 7.07. The van der Waals surface area contributed by atoms with E-state index < -0.39 is 0 Å². The van der Waals surface area contributed by atoms with Gasteiger partial charge < -0.3 is 0 Å². The van der Waals surface area contributed by atoms with Crippen molar-refractivity contribution in [3.63, 3.8) is 0 Å². The van der Waals surface area contributed by atoms with Crippen LogP contribution in [0.3, 0.4) is 0 Å². The molecule has 7 heteroatoms. The highest BCUT2D eigenvalue weighted by Gasteiger charge is 2.19. The molecule has 80 valence electrons. The van der Waals surface area contributed by atoms with Crippen molar-refractivity contribution in [3.05, 3.63) is 18.5 Å². The normalized spacial score (nSPS) is 11.9. The zero-order valence-electron chi connectivity index (χ0n) is 8.99. The molecule has 2 heterocycles. The van der Waals surface area contributed by atoms with E-state index in [1.165, 1.54) is 6.33 Å². The largest absolute Gasteiger partial charge is 0.245 e. The maximum absolute atomic E-state index is 4.01. The Hall–Kier alpha value is -1.79. The van der Waals surface area contributed by atoms with Crippen molar-refractivity contribution < 1.29 is 0 Å². The third-order valence-electron chi connectivity index (χ3n) is 1.94. The molecule has 0 saturated heterocycles. The minimum atomic E-state index is -0.126. The van der Waals surface area contributed by atoms with Gasteiger partial charge in [0.05, 0.1) is 5.54 Å². The second-order valence-electron chi connectivity index (χ2n) is 4.27. The summed E-state index contributed by atoms with van der Waals surface area (Å²) in [6.07, 6.45) is 3.13. The average Bonchev–Trinajstić information content (AvgIpc) is 2.73. The monoisotopic (exact) mass is 207 g/mol. The Morgan fingerprint density at radius 3 is 2.73 bits per heavy atom. The number of nitrogens with zero attached hydrogens (tertiary/aromatic N) is 7. The van der Waals surface area contributed by atoms with Crippen LogP contribution in [-0.4, -0.2) is 35.0 Å². The topological polar surface area (TPSA) is 74.3 Å². The Balaban J connectivity index is 2.26. The first-order valence-corrected chi connectivity index (χ1v) is 4.67. The van der Waals surface area contributed by atoms with Crippen molar-refractivity contribution in [3.8, 4) is 0 Å². The van der Waals surface area contributed by atoms with Crippen LogP contribution in [0.4, 0.5) is 0 Å². The van der Waals surface area contributed by atoms with Gasteiger partial charge in [0.15, 0.2) is 5.82 Å². The molecule has 0 unspecified atom stereocenters. The summed E-state index contributed by atoms with van der Waals surface area (Å²) in [6, 6.07) is 0. The molecule has 0 saturated carbocycles. The number of tetrazole rings is 1. The predicted octanol–water partition coefficient (Wildman–Crippen LogP) is 0.0679. The molecule has 15 heavy (non-hydrogen) atoms. The fourth-order valence-corrected chi connectivity index (χ4v) is 1.28. The van der Waals surface area contributed by atoms with Crippen molar-refractivity contribution in [2.75, 3.05) is 0 Å². The molecule has 0 bridgehead atoms. The van der Waals surface area contributed by atoms with Gasteiger partial charge in [-0.3, -0.25) is 0 Å². The van der Waals surface area contributed by atoms with Crippen LogP contribution in [0, 0.1) is 0 Å². The van der Waals surface area contributed by atoms with E-state index in [-0.39, 0.29) is 5.54 Å². The fraction of sp³-hybridized carbons (Fsp3) is 0.625. The molecule has 0 aliphatic carbocycles. The van der Waals surface area contributed by atoms with Gasteiger partial charge in [-0.25, -0.2) is 14.3 Å². The molecule has 0 amide bonds. The Bertz CT molecular complexity index is 422. The molecule has 0 aliphatic heterocycles. The Labute approximate surface area is 87.1 Å². The first kappa shape index (κ1) is 9.75. The van der Waals surface area contributed by atoms with Crippen LogP contribution >= 0.6 is 0 Å². The Morgan fingerprint density at radius 2 is 2.13 bits per heavy atom. The summed E-state index contributed by atoms with van der Waals surface area (Å²) in [5.41, 5.74) is -0.126. The van der Waals surface area contributed by atoms with Gasteiger partial charge in [0, 0.05) is 0 Å².